The van der Waals surface area contributed by atoms with E-state index < -0.39 is 11.8 Å². The van der Waals surface area contributed by atoms with Gasteiger partial charge in [-0.25, -0.2) is 4.79 Å². The number of rotatable bonds is 3. The van der Waals surface area contributed by atoms with Crippen LogP contribution in [-0.4, -0.2) is 27.1 Å². The number of nitrogens with zero attached hydrogens (tertiary/aromatic N) is 1. The van der Waals surface area contributed by atoms with Crippen LogP contribution in [0.2, 0.25) is 0 Å². The molecule has 1 aromatic rings. The number of carbonyl (C=O) groups excluding carboxylic acids is 1. The molecule has 5 heteroatoms. The van der Waals surface area contributed by atoms with Gasteiger partial charge in [0.2, 0.25) is 5.78 Å². The van der Waals surface area contributed by atoms with E-state index in [4.69, 9.17) is 5.11 Å². The summed E-state index contributed by atoms with van der Waals surface area (Å²) < 4.78 is 0. The van der Waals surface area contributed by atoms with Crippen molar-refractivity contribution in [3.8, 4) is 0 Å². The number of aromatic amines is 1. The Morgan fingerprint density at radius 2 is 2.07 bits per heavy atom. The second-order valence-corrected chi connectivity index (χ2v) is 3.74. The molecule has 0 unspecified atom stereocenters. The number of aliphatic carboxylic acids is 1. The Labute approximate surface area is 86.5 Å². The molecule has 0 atom stereocenters. The van der Waals surface area contributed by atoms with Crippen molar-refractivity contribution in [2.24, 2.45) is 0 Å². The van der Waals surface area contributed by atoms with E-state index in [2.05, 4.69) is 10.2 Å². The van der Waals surface area contributed by atoms with Gasteiger partial charge in [0.1, 0.15) is 0 Å². The third-order valence-electron chi connectivity index (χ3n) is 2.71. The monoisotopic (exact) mass is 208 g/mol. The van der Waals surface area contributed by atoms with Gasteiger partial charge < -0.3 is 5.11 Å². The van der Waals surface area contributed by atoms with Crippen molar-refractivity contribution >= 4 is 11.8 Å². The van der Waals surface area contributed by atoms with Crippen molar-refractivity contribution in [3.05, 3.63) is 17.0 Å². The lowest BCUT2D eigenvalue weighted by Crippen LogP contribution is -2.16. The predicted molar refractivity (Wildman–Crippen MR) is 51.6 cm³/mol. The zero-order valence-corrected chi connectivity index (χ0v) is 8.25. The van der Waals surface area contributed by atoms with Gasteiger partial charge in [-0.05, 0) is 31.2 Å². The average Bonchev–Trinajstić information content (AvgIpc) is 2.62. The number of carboxylic acids is 1. The zero-order chi connectivity index (χ0) is 10.8. The Kier molecular flexibility index (Phi) is 2.53. The van der Waals surface area contributed by atoms with Crippen LogP contribution in [0.3, 0.4) is 0 Å². The molecular weight excluding hydrogens is 196 g/mol. The highest BCUT2D eigenvalue weighted by Gasteiger charge is 2.21. The molecule has 0 aliphatic heterocycles. The molecule has 0 spiro atoms. The van der Waals surface area contributed by atoms with Gasteiger partial charge in [-0.3, -0.25) is 9.89 Å². The Hall–Kier alpha value is -1.65. The van der Waals surface area contributed by atoms with Crippen molar-refractivity contribution < 1.29 is 14.7 Å². The SMILES string of the molecule is O=C(O)C(=O)Cc1n[nH]c2c1CCCC2. The molecule has 2 rings (SSSR count). The molecule has 1 aliphatic carbocycles. The molecule has 80 valence electrons. The smallest absolute Gasteiger partial charge is 0.372 e. The molecule has 1 aliphatic rings. The quantitative estimate of drug-likeness (QED) is 0.708. The molecule has 5 nitrogen and oxygen atoms in total. The number of hydrogen-bond acceptors (Lipinski definition) is 3. The number of fused-ring (bicyclic) bond motifs is 1. The van der Waals surface area contributed by atoms with E-state index >= 15 is 0 Å². The van der Waals surface area contributed by atoms with Crippen LogP contribution in [0.4, 0.5) is 0 Å². The summed E-state index contributed by atoms with van der Waals surface area (Å²) in [6.45, 7) is 0. The summed E-state index contributed by atoms with van der Waals surface area (Å²) in [7, 11) is 0. The first-order valence-electron chi connectivity index (χ1n) is 4.99. The Balaban J connectivity index is 2.19. The minimum atomic E-state index is -1.39. The summed E-state index contributed by atoms with van der Waals surface area (Å²) in [6.07, 6.45) is 3.96. The molecule has 0 amide bonds. The van der Waals surface area contributed by atoms with Gasteiger partial charge in [-0.15, -0.1) is 0 Å². The maximum absolute atomic E-state index is 11.0. The van der Waals surface area contributed by atoms with E-state index in [1.165, 1.54) is 0 Å². The summed E-state index contributed by atoms with van der Waals surface area (Å²) >= 11 is 0. The summed E-state index contributed by atoms with van der Waals surface area (Å²) in [5.41, 5.74) is 2.72. The normalized spacial score (nSPS) is 14.7. The molecule has 0 saturated heterocycles. The van der Waals surface area contributed by atoms with Gasteiger partial charge in [0.25, 0.3) is 0 Å². The van der Waals surface area contributed by atoms with Crippen LogP contribution >= 0.6 is 0 Å². The Bertz CT molecular complexity index is 409. The lowest BCUT2D eigenvalue weighted by atomic mass is 9.94. The van der Waals surface area contributed by atoms with E-state index in [1.807, 2.05) is 0 Å². The number of H-pyrrole nitrogens is 1. The second-order valence-electron chi connectivity index (χ2n) is 3.74. The van der Waals surface area contributed by atoms with E-state index in [9.17, 15) is 9.59 Å². The van der Waals surface area contributed by atoms with Gasteiger partial charge in [-0.2, -0.15) is 5.10 Å². The number of carbonyl (C=O) groups is 2. The van der Waals surface area contributed by atoms with Gasteiger partial charge in [-0.1, -0.05) is 0 Å². The van der Waals surface area contributed by atoms with Gasteiger partial charge >= 0.3 is 5.97 Å². The number of ketones is 1. The molecule has 1 heterocycles. The average molecular weight is 208 g/mol. The van der Waals surface area contributed by atoms with Crippen LogP contribution in [-0.2, 0) is 28.9 Å². The molecule has 0 saturated carbocycles. The lowest BCUT2D eigenvalue weighted by Gasteiger charge is -2.10. The minimum Gasteiger partial charge on any atom is -0.475 e. The van der Waals surface area contributed by atoms with Crippen molar-refractivity contribution in [2.75, 3.05) is 0 Å². The molecule has 15 heavy (non-hydrogen) atoms. The van der Waals surface area contributed by atoms with Crippen molar-refractivity contribution in [1.82, 2.24) is 10.2 Å². The van der Waals surface area contributed by atoms with Gasteiger partial charge in [0, 0.05) is 5.69 Å². The van der Waals surface area contributed by atoms with Crippen molar-refractivity contribution in [1.29, 1.82) is 0 Å². The molecule has 0 bridgehead atoms. The molecule has 0 fully saturated rings. The highest BCUT2D eigenvalue weighted by atomic mass is 16.4. The summed E-state index contributed by atoms with van der Waals surface area (Å²) in [5, 5.41) is 15.4. The fraction of sp³-hybridized carbons (Fsp3) is 0.500. The summed E-state index contributed by atoms with van der Waals surface area (Å²) in [6, 6.07) is 0. The lowest BCUT2D eigenvalue weighted by molar-refractivity contribution is -0.148. The zero-order valence-electron chi connectivity index (χ0n) is 8.25. The van der Waals surface area contributed by atoms with Crippen LogP contribution in [0.25, 0.3) is 0 Å². The first-order chi connectivity index (χ1) is 7.18. The maximum atomic E-state index is 11.0. The van der Waals surface area contributed by atoms with Gasteiger partial charge in [0.15, 0.2) is 0 Å². The number of carboxylic acid groups (broad SMARTS) is 1. The minimum absolute atomic E-state index is 0.0961. The number of Topliss-reactive ketones (excluding diaryl/α,β-unsaturated/α-hetero) is 1. The third-order valence-corrected chi connectivity index (χ3v) is 2.71. The standard InChI is InChI=1S/C10H12N2O3/c13-9(10(14)15)5-8-6-3-1-2-4-7(6)11-12-8/h1-5H2,(H,11,12)(H,14,15). The largest absolute Gasteiger partial charge is 0.475 e. The first kappa shape index (κ1) is 9.89. The van der Waals surface area contributed by atoms with Crippen LogP contribution < -0.4 is 0 Å². The van der Waals surface area contributed by atoms with Crippen LogP contribution in [0.1, 0.15) is 29.8 Å². The fourth-order valence-electron chi connectivity index (χ4n) is 1.92. The van der Waals surface area contributed by atoms with Crippen molar-refractivity contribution in [2.45, 2.75) is 32.1 Å². The van der Waals surface area contributed by atoms with Crippen LogP contribution in [0.15, 0.2) is 0 Å². The highest BCUT2D eigenvalue weighted by Crippen LogP contribution is 2.22. The van der Waals surface area contributed by atoms with Crippen LogP contribution in [0.5, 0.6) is 0 Å². The van der Waals surface area contributed by atoms with E-state index in [1.54, 1.807) is 0 Å². The van der Waals surface area contributed by atoms with Gasteiger partial charge in [0.05, 0.1) is 12.1 Å². The van der Waals surface area contributed by atoms with E-state index in [0.29, 0.717) is 5.69 Å². The number of nitrogens with one attached hydrogen (secondary N) is 1. The Morgan fingerprint density at radius 3 is 2.80 bits per heavy atom. The third kappa shape index (κ3) is 1.91. The topological polar surface area (TPSA) is 83.0 Å². The maximum Gasteiger partial charge on any atom is 0.372 e. The summed E-state index contributed by atoms with van der Waals surface area (Å²) in [4.78, 5) is 21.4. The number of aryl methyl sites for hydroxylation is 1. The molecule has 1 aromatic heterocycles. The number of hydrogen-bond donors (Lipinski definition) is 2. The van der Waals surface area contributed by atoms with Crippen LogP contribution in [0, 0.1) is 0 Å². The van der Waals surface area contributed by atoms with Crippen molar-refractivity contribution in [3.63, 3.8) is 0 Å². The molecule has 0 radical (unpaired) electrons. The molecule has 0 aromatic carbocycles. The van der Waals surface area contributed by atoms with E-state index in [0.717, 1.165) is 36.9 Å². The Morgan fingerprint density at radius 1 is 1.33 bits per heavy atom. The summed E-state index contributed by atoms with van der Waals surface area (Å²) in [5.74, 6) is -2.18. The fourth-order valence-corrected chi connectivity index (χ4v) is 1.92. The number of aromatic nitrogens is 2. The molecule has 2 N–H and O–H groups in total. The second kappa shape index (κ2) is 3.84. The molecular formula is C10H12N2O3. The highest BCUT2D eigenvalue weighted by molar-refractivity contribution is 6.33. The van der Waals surface area contributed by atoms with E-state index in [-0.39, 0.29) is 6.42 Å². The predicted octanol–water partition coefficient (Wildman–Crippen LogP) is 0.485. The first-order valence-corrected chi connectivity index (χ1v) is 4.99.